The van der Waals surface area contributed by atoms with Crippen molar-refractivity contribution in [2.45, 2.75) is 36.6 Å². The fraction of sp³-hybridized carbons (Fsp3) is 1.00. The highest BCUT2D eigenvalue weighted by Crippen LogP contribution is 2.40. The van der Waals surface area contributed by atoms with Gasteiger partial charge < -0.3 is 23.8 Å². The maximum atomic E-state index is 6.11. The number of ether oxygens (including phenoxy) is 4. The summed E-state index contributed by atoms with van der Waals surface area (Å²) >= 11 is 0. The van der Waals surface area contributed by atoms with Crippen molar-refractivity contribution >= 4 is 0 Å². The number of hydrogen-bond donors (Lipinski definition) is 0. The van der Waals surface area contributed by atoms with Crippen LogP contribution in [0, 0.1) is 0 Å². The molecule has 4 rings (SSSR count). The SMILES string of the molecule is CN1CCOC2(CC(OCN3CCOC4(CCOC4)C3)C2)C1. The first-order valence-corrected chi connectivity index (χ1v) is 8.55. The minimum atomic E-state index is -0.0718. The van der Waals surface area contributed by atoms with Gasteiger partial charge in [-0.25, -0.2) is 0 Å². The zero-order chi connectivity index (χ0) is 15.0. The largest absolute Gasteiger partial charge is 0.378 e. The van der Waals surface area contributed by atoms with E-state index in [0.29, 0.717) is 12.8 Å². The lowest BCUT2D eigenvalue weighted by Crippen LogP contribution is -2.60. The molecule has 0 bridgehead atoms. The Hall–Kier alpha value is -0.240. The summed E-state index contributed by atoms with van der Waals surface area (Å²) in [6.45, 7) is 7.89. The van der Waals surface area contributed by atoms with Crippen molar-refractivity contribution in [3.63, 3.8) is 0 Å². The lowest BCUT2D eigenvalue weighted by molar-refractivity contribution is -0.216. The normalized spacial score (nSPS) is 43.8. The summed E-state index contributed by atoms with van der Waals surface area (Å²) in [6.07, 6.45) is 3.44. The Kier molecular flexibility index (Phi) is 4.17. The number of hydrogen-bond acceptors (Lipinski definition) is 6. The molecule has 0 aromatic rings. The van der Waals surface area contributed by atoms with Crippen molar-refractivity contribution in [2.24, 2.45) is 0 Å². The molecular formula is C16H28N2O4. The van der Waals surface area contributed by atoms with Crippen LogP contribution in [0.3, 0.4) is 0 Å². The van der Waals surface area contributed by atoms with E-state index in [4.69, 9.17) is 18.9 Å². The van der Waals surface area contributed by atoms with Gasteiger partial charge >= 0.3 is 0 Å². The lowest BCUT2D eigenvalue weighted by atomic mass is 9.76. The summed E-state index contributed by atoms with van der Waals surface area (Å²) in [5.41, 5.74) is 0.000824. The van der Waals surface area contributed by atoms with Crippen LogP contribution in [0.2, 0.25) is 0 Å². The summed E-state index contributed by atoms with van der Waals surface area (Å²) < 4.78 is 23.6. The second kappa shape index (κ2) is 6.00. The average Bonchev–Trinajstić information content (AvgIpc) is 2.91. The molecule has 0 aromatic heterocycles. The van der Waals surface area contributed by atoms with Crippen molar-refractivity contribution in [2.75, 3.05) is 66.4 Å². The number of likely N-dealkylation sites (N-methyl/N-ethyl adjacent to an activating group) is 1. The third-order valence-electron chi connectivity index (χ3n) is 5.53. The highest BCUT2D eigenvalue weighted by atomic mass is 16.6. The Labute approximate surface area is 132 Å². The zero-order valence-corrected chi connectivity index (χ0v) is 13.6. The van der Waals surface area contributed by atoms with Gasteiger partial charge in [0.15, 0.2) is 0 Å². The summed E-state index contributed by atoms with van der Waals surface area (Å²) in [5, 5.41) is 0. The minimum Gasteiger partial charge on any atom is -0.378 e. The smallest absolute Gasteiger partial charge is 0.106 e. The summed E-state index contributed by atoms with van der Waals surface area (Å²) in [5.74, 6) is 0. The Bertz CT molecular complexity index is 394. The molecule has 1 saturated carbocycles. The molecule has 4 fully saturated rings. The van der Waals surface area contributed by atoms with Crippen LogP contribution < -0.4 is 0 Å². The molecule has 126 valence electrons. The zero-order valence-electron chi connectivity index (χ0n) is 13.6. The maximum absolute atomic E-state index is 6.11. The van der Waals surface area contributed by atoms with Crippen LogP contribution in [0.5, 0.6) is 0 Å². The second-order valence-corrected chi connectivity index (χ2v) is 7.48. The molecule has 6 heteroatoms. The molecule has 22 heavy (non-hydrogen) atoms. The summed E-state index contributed by atoms with van der Waals surface area (Å²) in [6, 6.07) is 0. The quantitative estimate of drug-likeness (QED) is 0.747. The molecule has 3 heterocycles. The van der Waals surface area contributed by atoms with E-state index in [0.717, 1.165) is 71.9 Å². The Morgan fingerprint density at radius 1 is 1.05 bits per heavy atom. The topological polar surface area (TPSA) is 43.4 Å². The first-order valence-electron chi connectivity index (χ1n) is 8.55. The first kappa shape index (κ1) is 15.3. The molecule has 3 saturated heterocycles. The van der Waals surface area contributed by atoms with E-state index in [1.54, 1.807) is 0 Å². The van der Waals surface area contributed by atoms with Crippen molar-refractivity contribution in [1.29, 1.82) is 0 Å². The molecule has 1 aliphatic carbocycles. The first-order chi connectivity index (χ1) is 10.7. The average molecular weight is 312 g/mol. The van der Waals surface area contributed by atoms with Gasteiger partial charge in [0.05, 0.1) is 38.3 Å². The van der Waals surface area contributed by atoms with E-state index in [2.05, 4.69) is 16.8 Å². The number of morpholine rings is 2. The number of rotatable bonds is 3. The standard InChI is InChI=1S/C16H28N2O4/c1-17-3-6-22-16(10-17)8-14(9-16)20-13-18-4-7-21-15(11-18)2-5-19-12-15/h14H,2-13H2,1H3. The molecule has 3 aliphatic heterocycles. The fourth-order valence-electron chi connectivity index (χ4n) is 4.24. The Morgan fingerprint density at radius 3 is 2.64 bits per heavy atom. The van der Waals surface area contributed by atoms with Gasteiger partial charge in [0.1, 0.15) is 5.60 Å². The van der Waals surface area contributed by atoms with Crippen LogP contribution in [0.15, 0.2) is 0 Å². The van der Waals surface area contributed by atoms with E-state index in [1.165, 1.54) is 0 Å². The van der Waals surface area contributed by atoms with Crippen molar-refractivity contribution in [3.8, 4) is 0 Å². The van der Waals surface area contributed by atoms with Crippen LogP contribution in [0.4, 0.5) is 0 Å². The van der Waals surface area contributed by atoms with Gasteiger partial charge in [-0.15, -0.1) is 0 Å². The summed E-state index contributed by atoms with van der Waals surface area (Å²) in [7, 11) is 2.18. The van der Waals surface area contributed by atoms with Gasteiger partial charge in [0.25, 0.3) is 0 Å². The Morgan fingerprint density at radius 2 is 1.86 bits per heavy atom. The number of nitrogens with zero attached hydrogens (tertiary/aromatic N) is 2. The second-order valence-electron chi connectivity index (χ2n) is 7.48. The van der Waals surface area contributed by atoms with Crippen molar-refractivity contribution < 1.29 is 18.9 Å². The highest BCUT2D eigenvalue weighted by molar-refractivity contribution is 5.00. The van der Waals surface area contributed by atoms with Crippen LogP contribution in [-0.2, 0) is 18.9 Å². The highest BCUT2D eigenvalue weighted by Gasteiger charge is 2.48. The molecule has 1 unspecified atom stereocenters. The fourth-order valence-corrected chi connectivity index (χ4v) is 4.24. The third-order valence-corrected chi connectivity index (χ3v) is 5.53. The summed E-state index contributed by atoms with van der Waals surface area (Å²) in [4.78, 5) is 4.74. The van der Waals surface area contributed by atoms with Crippen LogP contribution in [-0.4, -0.2) is 93.5 Å². The van der Waals surface area contributed by atoms with Gasteiger partial charge in [-0.2, -0.15) is 0 Å². The van der Waals surface area contributed by atoms with Gasteiger partial charge in [0.2, 0.25) is 0 Å². The van der Waals surface area contributed by atoms with E-state index in [1.807, 2.05) is 0 Å². The van der Waals surface area contributed by atoms with Crippen LogP contribution in [0.1, 0.15) is 19.3 Å². The molecule has 1 atom stereocenters. The van der Waals surface area contributed by atoms with Gasteiger partial charge in [-0.05, 0) is 7.05 Å². The van der Waals surface area contributed by atoms with Gasteiger partial charge in [0, 0.05) is 52.0 Å². The molecule has 2 spiro atoms. The molecule has 4 aliphatic rings. The maximum Gasteiger partial charge on any atom is 0.106 e. The predicted molar refractivity (Wildman–Crippen MR) is 80.8 cm³/mol. The molecule has 0 radical (unpaired) electrons. The van der Waals surface area contributed by atoms with Crippen molar-refractivity contribution in [1.82, 2.24) is 9.80 Å². The molecule has 6 nitrogen and oxygen atoms in total. The Balaban J connectivity index is 1.21. The minimum absolute atomic E-state index is 0.0718. The van der Waals surface area contributed by atoms with Crippen molar-refractivity contribution in [3.05, 3.63) is 0 Å². The van der Waals surface area contributed by atoms with E-state index < -0.39 is 0 Å². The predicted octanol–water partition coefficient (Wildman–Crippen LogP) is 0.315. The molecular weight excluding hydrogens is 284 g/mol. The van der Waals surface area contributed by atoms with Gasteiger partial charge in [-0.3, -0.25) is 4.90 Å². The monoisotopic (exact) mass is 312 g/mol. The van der Waals surface area contributed by atoms with Crippen LogP contribution >= 0.6 is 0 Å². The van der Waals surface area contributed by atoms with E-state index in [9.17, 15) is 0 Å². The van der Waals surface area contributed by atoms with E-state index >= 15 is 0 Å². The van der Waals surface area contributed by atoms with Gasteiger partial charge in [-0.1, -0.05) is 0 Å². The third kappa shape index (κ3) is 3.05. The van der Waals surface area contributed by atoms with Crippen LogP contribution in [0.25, 0.3) is 0 Å². The lowest BCUT2D eigenvalue weighted by Gasteiger charge is -2.51. The molecule has 0 aromatic carbocycles. The van der Waals surface area contributed by atoms with E-state index in [-0.39, 0.29) is 11.2 Å². The molecule has 0 amide bonds. The molecule has 0 N–H and O–H groups in total.